The van der Waals surface area contributed by atoms with Crippen LogP contribution in [0, 0.1) is 5.82 Å². The molecule has 12 heavy (non-hydrogen) atoms. The van der Waals surface area contributed by atoms with E-state index in [9.17, 15) is 9.18 Å². The zero-order valence-electron chi connectivity index (χ0n) is 5.93. The van der Waals surface area contributed by atoms with Crippen LogP contribution in [-0.2, 0) is 4.79 Å². The fourth-order valence-electron chi connectivity index (χ4n) is 0.799. The van der Waals surface area contributed by atoms with Crippen molar-refractivity contribution in [2.45, 2.75) is 4.83 Å². The second kappa shape index (κ2) is 4.01. The Hall–Kier alpha value is -0.410. The van der Waals surface area contributed by atoms with Gasteiger partial charge in [-0.05, 0) is 18.2 Å². The number of aldehydes is 1. The molecule has 1 rings (SSSR count). The molecule has 0 aliphatic heterocycles. The molecule has 0 saturated heterocycles. The predicted molar refractivity (Wildman–Crippen MR) is 49.1 cm³/mol. The third-order valence-corrected chi connectivity index (χ3v) is 2.32. The summed E-state index contributed by atoms with van der Waals surface area (Å²) in [5, 5.41) is 0.415. The van der Waals surface area contributed by atoms with Gasteiger partial charge in [-0.3, -0.25) is 0 Å². The first-order valence-electron chi connectivity index (χ1n) is 3.19. The number of rotatable bonds is 2. The van der Waals surface area contributed by atoms with Gasteiger partial charge >= 0.3 is 0 Å². The first kappa shape index (κ1) is 9.68. The molecular weight excluding hydrogens is 246 g/mol. The van der Waals surface area contributed by atoms with E-state index in [4.69, 9.17) is 11.6 Å². The van der Waals surface area contributed by atoms with Gasteiger partial charge < -0.3 is 4.79 Å². The highest BCUT2D eigenvalue weighted by molar-refractivity contribution is 9.09. The Balaban J connectivity index is 3.12. The van der Waals surface area contributed by atoms with Crippen LogP contribution in [0.2, 0.25) is 5.02 Å². The highest BCUT2D eigenvalue weighted by Crippen LogP contribution is 2.25. The maximum Gasteiger partial charge on any atom is 0.138 e. The summed E-state index contributed by atoms with van der Waals surface area (Å²) in [6.07, 6.45) is 0.606. The Morgan fingerprint density at radius 2 is 2.25 bits per heavy atom. The summed E-state index contributed by atoms with van der Waals surface area (Å²) in [6.45, 7) is 0. The van der Waals surface area contributed by atoms with Crippen molar-refractivity contribution in [1.82, 2.24) is 0 Å². The lowest BCUT2D eigenvalue weighted by molar-refractivity contribution is -0.107. The van der Waals surface area contributed by atoms with Crippen molar-refractivity contribution >= 4 is 33.8 Å². The highest BCUT2D eigenvalue weighted by Gasteiger charge is 2.11. The van der Waals surface area contributed by atoms with E-state index in [-0.39, 0.29) is 5.56 Å². The van der Waals surface area contributed by atoms with Gasteiger partial charge in [0.05, 0.1) is 4.83 Å². The second-order valence-corrected chi connectivity index (χ2v) is 3.63. The van der Waals surface area contributed by atoms with Crippen LogP contribution in [0.4, 0.5) is 4.39 Å². The molecule has 0 aliphatic carbocycles. The van der Waals surface area contributed by atoms with Gasteiger partial charge in [0, 0.05) is 10.6 Å². The van der Waals surface area contributed by atoms with Crippen molar-refractivity contribution in [2.24, 2.45) is 0 Å². The van der Waals surface area contributed by atoms with E-state index in [1.165, 1.54) is 18.2 Å². The summed E-state index contributed by atoms with van der Waals surface area (Å²) < 4.78 is 13.0. The quantitative estimate of drug-likeness (QED) is 0.583. The molecule has 0 bridgehead atoms. The van der Waals surface area contributed by atoms with E-state index in [0.717, 1.165) is 0 Å². The van der Waals surface area contributed by atoms with E-state index in [2.05, 4.69) is 15.9 Å². The Kier molecular flexibility index (Phi) is 3.23. The lowest BCUT2D eigenvalue weighted by atomic mass is 10.1. The molecule has 0 saturated carbocycles. The molecule has 0 aliphatic rings. The molecule has 0 unspecified atom stereocenters. The molecule has 64 valence electrons. The van der Waals surface area contributed by atoms with Crippen LogP contribution in [0.5, 0.6) is 0 Å². The highest BCUT2D eigenvalue weighted by atomic mass is 79.9. The zero-order chi connectivity index (χ0) is 9.14. The Morgan fingerprint density at radius 1 is 1.58 bits per heavy atom. The molecule has 0 amide bonds. The number of carbonyl (C=O) groups excluding carboxylic acids is 1. The van der Waals surface area contributed by atoms with Gasteiger partial charge in [0.1, 0.15) is 12.1 Å². The summed E-state index contributed by atoms with van der Waals surface area (Å²) in [7, 11) is 0. The molecule has 0 radical (unpaired) electrons. The average molecular weight is 251 g/mol. The largest absolute Gasteiger partial charge is 0.302 e. The Labute approximate surface area is 82.7 Å². The number of hydrogen-bond acceptors (Lipinski definition) is 1. The molecule has 0 N–H and O–H groups in total. The van der Waals surface area contributed by atoms with Crippen molar-refractivity contribution in [3.63, 3.8) is 0 Å². The summed E-state index contributed by atoms with van der Waals surface area (Å²) >= 11 is 8.62. The van der Waals surface area contributed by atoms with E-state index in [1.54, 1.807) is 0 Å². The summed E-state index contributed by atoms with van der Waals surface area (Å²) in [6, 6.07) is 4.09. The first-order chi connectivity index (χ1) is 5.65. The number of alkyl halides is 1. The van der Waals surface area contributed by atoms with Gasteiger partial charge in [0.15, 0.2) is 0 Å². The second-order valence-electron chi connectivity index (χ2n) is 2.20. The van der Waals surface area contributed by atoms with Crippen LogP contribution in [-0.4, -0.2) is 6.29 Å². The van der Waals surface area contributed by atoms with E-state index in [1.807, 2.05) is 0 Å². The molecule has 1 aromatic rings. The maximum absolute atomic E-state index is 13.0. The number of halogens is 3. The molecule has 1 nitrogen and oxygen atoms in total. The SMILES string of the molecule is O=C[C@@H](Br)c1cc(Cl)ccc1F. The molecule has 0 spiro atoms. The molecule has 0 aromatic heterocycles. The summed E-state index contributed by atoms with van der Waals surface area (Å²) in [4.78, 5) is 9.68. The van der Waals surface area contributed by atoms with Crippen molar-refractivity contribution in [2.75, 3.05) is 0 Å². The van der Waals surface area contributed by atoms with Crippen LogP contribution < -0.4 is 0 Å². The van der Waals surface area contributed by atoms with Crippen molar-refractivity contribution < 1.29 is 9.18 Å². The summed E-state index contributed by atoms with van der Waals surface area (Å²) in [5.41, 5.74) is 0.262. The van der Waals surface area contributed by atoms with Crippen LogP contribution >= 0.6 is 27.5 Å². The fourth-order valence-corrected chi connectivity index (χ4v) is 1.33. The maximum atomic E-state index is 13.0. The van der Waals surface area contributed by atoms with E-state index >= 15 is 0 Å². The minimum absolute atomic E-state index is 0.262. The van der Waals surface area contributed by atoms with Crippen LogP contribution in [0.15, 0.2) is 18.2 Å². The smallest absolute Gasteiger partial charge is 0.138 e. The van der Waals surface area contributed by atoms with Gasteiger partial charge in [0.2, 0.25) is 0 Å². The minimum Gasteiger partial charge on any atom is -0.302 e. The van der Waals surface area contributed by atoms with Crippen LogP contribution in [0.3, 0.4) is 0 Å². The topological polar surface area (TPSA) is 17.1 Å². The van der Waals surface area contributed by atoms with Crippen molar-refractivity contribution in [3.8, 4) is 0 Å². The number of benzene rings is 1. The van der Waals surface area contributed by atoms with Gasteiger partial charge in [-0.25, -0.2) is 4.39 Å². The summed E-state index contributed by atoms with van der Waals surface area (Å²) in [5.74, 6) is -0.437. The Morgan fingerprint density at radius 3 is 2.83 bits per heavy atom. The van der Waals surface area contributed by atoms with E-state index in [0.29, 0.717) is 11.3 Å². The van der Waals surface area contributed by atoms with Crippen molar-refractivity contribution in [3.05, 3.63) is 34.6 Å². The van der Waals surface area contributed by atoms with Gasteiger partial charge in [-0.2, -0.15) is 0 Å². The molecule has 1 aromatic carbocycles. The Bertz CT molecular complexity index is 303. The zero-order valence-corrected chi connectivity index (χ0v) is 8.27. The fraction of sp³-hybridized carbons (Fsp3) is 0.125. The van der Waals surface area contributed by atoms with Crippen LogP contribution in [0.25, 0.3) is 0 Å². The predicted octanol–water partition coefficient (Wildman–Crippen LogP) is 3.11. The van der Waals surface area contributed by atoms with Crippen LogP contribution in [0.1, 0.15) is 10.4 Å². The monoisotopic (exact) mass is 250 g/mol. The minimum atomic E-state index is -0.629. The number of hydrogen-bond donors (Lipinski definition) is 0. The lowest BCUT2D eigenvalue weighted by Crippen LogP contribution is -1.94. The van der Waals surface area contributed by atoms with Gasteiger partial charge in [0.25, 0.3) is 0 Å². The molecule has 0 fully saturated rings. The average Bonchev–Trinajstić information content (AvgIpc) is 2.08. The first-order valence-corrected chi connectivity index (χ1v) is 4.49. The molecule has 1 atom stereocenters. The normalized spacial score (nSPS) is 12.6. The van der Waals surface area contributed by atoms with Gasteiger partial charge in [-0.1, -0.05) is 27.5 Å². The van der Waals surface area contributed by atoms with Crippen molar-refractivity contribution in [1.29, 1.82) is 0 Å². The standard InChI is InChI=1S/C8H5BrClFO/c9-7(4-12)6-3-5(10)1-2-8(6)11/h1-4,7H/t7-/m1/s1. The lowest BCUT2D eigenvalue weighted by Gasteiger charge is -2.03. The molecular formula is C8H5BrClFO. The molecule has 0 heterocycles. The third-order valence-electron chi connectivity index (χ3n) is 1.37. The van der Waals surface area contributed by atoms with Gasteiger partial charge in [-0.15, -0.1) is 0 Å². The van der Waals surface area contributed by atoms with E-state index < -0.39 is 10.6 Å². The third kappa shape index (κ3) is 2.05. The molecule has 4 heteroatoms. The number of carbonyl (C=O) groups is 1.